The minimum absolute atomic E-state index is 0.107. The lowest BCUT2D eigenvalue weighted by molar-refractivity contribution is -0.0930. The summed E-state index contributed by atoms with van der Waals surface area (Å²) in [6.07, 6.45) is 1.27. The van der Waals surface area contributed by atoms with Crippen LogP contribution in [-0.2, 0) is 15.1 Å². The van der Waals surface area contributed by atoms with Crippen LogP contribution in [0.1, 0.15) is 29.3 Å². The number of benzene rings is 3. The van der Waals surface area contributed by atoms with Gasteiger partial charge in [-0.25, -0.2) is 9.98 Å². The second-order valence-corrected chi connectivity index (χ2v) is 10.4. The van der Waals surface area contributed by atoms with Gasteiger partial charge in [0.25, 0.3) is 5.56 Å². The zero-order valence-corrected chi connectivity index (χ0v) is 23.4. The van der Waals surface area contributed by atoms with E-state index in [0.717, 1.165) is 16.7 Å². The number of rotatable bonds is 9. The zero-order valence-electron chi connectivity index (χ0n) is 23.4. The van der Waals surface area contributed by atoms with Crippen molar-refractivity contribution in [3.63, 3.8) is 0 Å². The van der Waals surface area contributed by atoms with Crippen molar-refractivity contribution in [2.45, 2.75) is 30.5 Å². The van der Waals surface area contributed by atoms with Crippen LogP contribution in [0.3, 0.4) is 0 Å². The lowest BCUT2D eigenvalue weighted by Crippen LogP contribution is -2.38. The van der Waals surface area contributed by atoms with Gasteiger partial charge in [0.15, 0.2) is 11.2 Å². The number of aliphatic hydroxyl groups excluding tert-OH is 1. The fourth-order valence-corrected chi connectivity index (χ4v) is 5.37. The number of nitrogens with one attached hydrogen (secondary N) is 1. The molecule has 5 aromatic rings. The molecular weight excluding hydrogens is 532 g/mol. The van der Waals surface area contributed by atoms with E-state index in [9.17, 15) is 9.90 Å². The first-order valence-corrected chi connectivity index (χ1v) is 13.8. The molecule has 10 heteroatoms. The Morgan fingerprint density at radius 1 is 1.02 bits per heavy atom. The number of nitrogens with zero attached hydrogens (tertiary/aromatic N) is 5. The summed E-state index contributed by atoms with van der Waals surface area (Å²) in [6.45, 7) is 0.107. The first kappa shape index (κ1) is 27.5. The Hall–Kier alpha value is -4.64. The van der Waals surface area contributed by atoms with Crippen LogP contribution in [0.4, 0.5) is 5.95 Å². The number of hydrogen-bond acceptors (Lipinski definition) is 7. The highest BCUT2D eigenvalue weighted by Gasteiger charge is 2.42. The first-order chi connectivity index (χ1) is 20.5. The molecule has 0 saturated carbocycles. The molecule has 1 fully saturated rings. The highest BCUT2D eigenvalue weighted by atomic mass is 16.6. The van der Waals surface area contributed by atoms with Crippen molar-refractivity contribution in [2.24, 2.45) is 4.99 Å². The average Bonchev–Trinajstić information content (AvgIpc) is 3.61. The van der Waals surface area contributed by atoms with Gasteiger partial charge in [-0.3, -0.25) is 14.3 Å². The Morgan fingerprint density at radius 3 is 2.14 bits per heavy atom. The summed E-state index contributed by atoms with van der Waals surface area (Å²) in [6, 6.07) is 30.2. The molecule has 0 radical (unpaired) electrons. The van der Waals surface area contributed by atoms with Gasteiger partial charge in [-0.05, 0) is 16.7 Å². The van der Waals surface area contributed by atoms with Crippen LogP contribution in [0.25, 0.3) is 11.2 Å². The van der Waals surface area contributed by atoms with E-state index in [1.54, 1.807) is 15.8 Å². The molecule has 3 aromatic carbocycles. The Balaban J connectivity index is 1.32. The van der Waals surface area contributed by atoms with E-state index >= 15 is 0 Å². The van der Waals surface area contributed by atoms with Crippen molar-refractivity contribution in [1.29, 1.82) is 0 Å². The van der Waals surface area contributed by atoms with Crippen molar-refractivity contribution >= 4 is 23.5 Å². The molecule has 3 atom stereocenters. The maximum Gasteiger partial charge on any atom is 0.280 e. The third-order valence-corrected chi connectivity index (χ3v) is 7.35. The number of ether oxygens (including phenoxy) is 2. The van der Waals surface area contributed by atoms with Crippen LogP contribution in [0.2, 0.25) is 0 Å². The van der Waals surface area contributed by atoms with E-state index < -0.39 is 29.6 Å². The van der Waals surface area contributed by atoms with Gasteiger partial charge < -0.3 is 19.5 Å². The zero-order chi connectivity index (χ0) is 29.1. The summed E-state index contributed by atoms with van der Waals surface area (Å²) in [4.78, 5) is 30.0. The van der Waals surface area contributed by atoms with E-state index in [0.29, 0.717) is 5.65 Å². The number of hydrogen-bond donors (Lipinski definition) is 2. The van der Waals surface area contributed by atoms with Crippen molar-refractivity contribution in [2.75, 3.05) is 20.7 Å². The normalized spacial score (nSPS) is 19.1. The van der Waals surface area contributed by atoms with E-state index in [2.05, 4.69) is 19.9 Å². The summed E-state index contributed by atoms with van der Waals surface area (Å²) in [5.41, 5.74) is 2.04. The quantitative estimate of drug-likeness (QED) is 0.158. The van der Waals surface area contributed by atoms with E-state index in [1.807, 2.05) is 105 Å². The second-order valence-electron chi connectivity index (χ2n) is 10.4. The highest BCUT2D eigenvalue weighted by Crippen LogP contribution is 2.41. The number of H-pyrrole nitrogens is 1. The number of aliphatic hydroxyl groups is 1. The van der Waals surface area contributed by atoms with Crippen LogP contribution < -0.4 is 5.56 Å². The van der Waals surface area contributed by atoms with Gasteiger partial charge in [0.05, 0.1) is 25.4 Å². The Morgan fingerprint density at radius 2 is 1.60 bits per heavy atom. The lowest BCUT2D eigenvalue weighted by atomic mass is 9.80. The average molecular weight is 565 g/mol. The Labute approximate surface area is 242 Å². The van der Waals surface area contributed by atoms with Crippen molar-refractivity contribution in [3.8, 4) is 0 Å². The number of aromatic amines is 1. The van der Waals surface area contributed by atoms with Gasteiger partial charge in [-0.2, -0.15) is 4.98 Å². The smallest absolute Gasteiger partial charge is 0.280 e. The van der Waals surface area contributed by atoms with Crippen molar-refractivity contribution in [3.05, 3.63) is 124 Å². The van der Waals surface area contributed by atoms with Gasteiger partial charge in [0.2, 0.25) is 5.95 Å². The third-order valence-electron chi connectivity index (χ3n) is 7.35. The van der Waals surface area contributed by atoms with Gasteiger partial charge in [-0.15, -0.1) is 0 Å². The topological polar surface area (TPSA) is 118 Å². The van der Waals surface area contributed by atoms with Gasteiger partial charge in [0, 0.05) is 20.5 Å². The minimum Gasteiger partial charge on any atom is -0.390 e. The molecule has 1 aliphatic heterocycles. The van der Waals surface area contributed by atoms with Crippen LogP contribution in [0.5, 0.6) is 0 Å². The van der Waals surface area contributed by atoms with Crippen molar-refractivity contribution in [1.82, 2.24) is 24.4 Å². The van der Waals surface area contributed by atoms with Gasteiger partial charge in [-0.1, -0.05) is 91.0 Å². The highest BCUT2D eigenvalue weighted by molar-refractivity contribution is 5.71. The molecule has 3 heterocycles. The second kappa shape index (κ2) is 11.7. The number of aliphatic imine (C=N–C) groups is 1. The van der Waals surface area contributed by atoms with Gasteiger partial charge >= 0.3 is 0 Å². The number of imidazole rings is 1. The Kier molecular flexibility index (Phi) is 7.66. The molecule has 6 rings (SSSR count). The largest absolute Gasteiger partial charge is 0.390 e. The molecule has 0 amide bonds. The molecule has 214 valence electrons. The van der Waals surface area contributed by atoms with Crippen LogP contribution in [-0.4, -0.2) is 68.8 Å². The SMILES string of the molecule is CN(C)C=Nc1nc2c(ncn2[C@H]2C[C@@H](O)[C@@H](COC(c3ccccc3)(c3ccccc3)c3ccccc3)O2)c(=O)[nH]1. The molecule has 2 aromatic heterocycles. The maximum absolute atomic E-state index is 12.6. The van der Waals surface area contributed by atoms with E-state index in [1.165, 1.54) is 6.33 Å². The first-order valence-electron chi connectivity index (χ1n) is 13.8. The summed E-state index contributed by atoms with van der Waals surface area (Å²) in [7, 11) is 3.64. The molecule has 1 aliphatic rings. The van der Waals surface area contributed by atoms with Crippen LogP contribution >= 0.6 is 0 Å². The summed E-state index contributed by atoms with van der Waals surface area (Å²) in [5, 5.41) is 11.1. The molecule has 10 nitrogen and oxygen atoms in total. The van der Waals surface area contributed by atoms with Crippen LogP contribution in [0.15, 0.2) is 107 Å². The monoisotopic (exact) mass is 564 g/mol. The molecule has 0 aliphatic carbocycles. The fraction of sp³-hybridized carbons (Fsp3) is 0.250. The number of fused-ring (bicyclic) bond motifs is 1. The fourth-order valence-electron chi connectivity index (χ4n) is 5.37. The standard InChI is InChI=1S/C32H32N6O4/c1-37(2)20-34-31-35-29-28(30(40)36-31)33-21-38(29)27-18-25(39)26(42-27)19-41-32(22-12-6-3-7-13-22,23-14-8-4-9-15-23)24-16-10-5-11-17-24/h3-17,20-21,25-27,39H,18-19H2,1-2H3,(H,35,36,40)/t25-,26-,27-/m1/s1. The molecule has 0 spiro atoms. The minimum atomic E-state index is -0.944. The molecule has 0 unspecified atom stereocenters. The third kappa shape index (κ3) is 5.23. The summed E-state index contributed by atoms with van der Waals surface area (Å²) < 4.78 is 14.9. The van der Waals surface area contributed by atoms with Gasteiger partial charge in [0.1, 0.15) is 17.9 Å². The number of aromatic nitrogens is 4. The maximum atomic E-state index is 12.6. The lowest BCUT2D eigenvalue weighted by Gasteiger charge is -2.37. The van der Waals surface area contributed by atoms with Crippen LogP contribution in [0, 0.1) is 0 Å². The Bertz CT molecular complexity index is 1620. The molecule has 0 bridgehead atoms. The van der Waals surface area contributed by atoms with Crippen molar-refractivity contribution < 1.29 is 14.6 Å². The molecular formula is C32H32N6O4. The van der Waals surface area contributed by atoms with E-state index in [4.69, 9.17) is 9.47 Å². The molecule has 42 heavy (non-hydrogen) atoms. The van der Waals surface area contributed by atoms with E-state index in [-0.39, 0.29) is 24.5 Å². The summed E-state index contributed by atoms with van der Waals surface area (Å²) in [5.74, 6) is 0.153. The molecule has 2 N–H and O–H groups in total. The predicted molar refractivity (Wildman–Crippen MR) is 160 cm³/mol. The predicted octanol–water partition coefficient (Wildman–Crippen LogP) is 4.00. The summed E-state index contributed by atoms with van der Waals surface area (Å²) >= 11 is 0. The molecule has 1 saturated heterocycles.